The molecule has 1 N–H and O–H groups in total. The number of hydrogen-bond donors (Lipinski definition) is 1. The molecule has 3 aliphatic heterocycles. The Morgan fingerprint density at radius 2 is 1.67 bits per heavy atom. The van der Waals surface area contributed by atoms with Crippen molar-refractivity contribution in [2.24, 2.45) is 46.3 Å². The molecule has 0 bridgehead atoms. The van der Waals surface area contributed by atoms with E-state index in [1.54, 1.807) is 31.4 Å². The summed E-state index contributed by atoms with van der Waals surface area (Å²) in [5, 5.41) is 2.95. The molecule has 14 heteroatoms. The van der Waals surface area contributed by atoms with Gasteiger partial charge in [0.2, 0.25) is 5.91 Å². The van der Waals surface area contributed by atoms with Crippen LogP contribution in [0.4, 0.5) is 0 Å². The van der Waals surface area contributed by atoms with E-state index in [-0.39, 0.29) is 29.6 Å². The van der Waals surface area contributed by atoms with E-state index in [0.717, 1.165) is 45.1 Å². The SMILES string of the molecule is COc1ccc(/C=C/C(=O)N[C@H]2[C@H](O[C@H]3CC[C@@]4(C)C(=CC[C@H]5[C@@H]6C[C@@H]7O[C@]8(CC[C@@H](C)CO8)[C@@H](C)[C@@H]7[C@@]6(C)CC[C@@H]54)C3)O[C@H](COC(C)=O)[C@@H](OC(C)=O)[C@@H]2OC(C)=O)c(OC)c1. The number of methoxy groups -OCH3 is 2. The second-order valence-electron chi connectivity index (χ2n) is 20.2. The minimum atomic E-state index is -1.26. The van der Waals surface area contributed by atoms with Crippen LogP contribution in [0.25, 0.3) is 6.08 Å². The Hall–Kier alpha value is -3.98. The molecule has 16 atom stereocenters. The molecule has 8 rings (SSSR count). The number of nitrogens with one attached hydrogen (secondary N) is 1. The fourth-order valence-corrected chi connectivity index (χ4v) is 13.5. The highest BCUT2D eigenvalue weighted by Crippen LogP contribution is 2.70. The number of carbonyl (C=O) groups excluding carboxylic acids is 4. The number of allylic oxidation sites excluding steroid dienone is 1. The maximum absolute atomic E-state index is 13.8. The smallest absolute Gasteiger partial charge is 0.303 e. The van der Waals surface area contributed by atoms with Gasteiger partial charge < -0.3 is 47.9 Å². The third-order valence-corrected chi connectivity index (χ3v) is 16.5. The van der Waals surface area contributed by atoms with E-state index in [9.17, 15) is 19.2 Å². The standard InChI is InChI=1S/C50H69NO13/c1-27-16-21-50(59-25-27)28(2)43-40(64-50)24-38-36-14-12-33-22-35(17-19-48(33,6)37(36)18-20-49(38,43)7)62-47-44(51-42(55)15-11-32-10-13-34(56-8)23-39(32)57-9)46(61-31(5)54)45(60-30(4)53)41(63-47)26-58-29(3)52/h10-13,15,23,27-28,35-38,40-41,43-47H,14,16-22,24-26H2,1-9H3,(H,51,55)/b15-11+/t27-,28+,35+,36-,37+,38+,40+,41-,43+,44-,45-,46-,47-,48+,49+,50-/m1/s1. The van der Waals surface area contributed by atoms with E-state index >= 15 is 0 Å². The van der Waals surface area contributed by atoms with Crippen LogP contribution in [0, 0.1) is 46.3 Å². The first-order valence-electron chi connectivity index (χ1n) is 23.5. The van der Waals surface area contributed by atoms with Crippen LogP contribution in [-0.2, 0) is 52.3 Å². The van der Waals surface area contributed by atoms with Gasteiger partial charge in [0, 0.05) is 50.8 Å². The second-order valence-corrected chi connectivity index (χ2v) is 20.2. The molecule has 0 unspecified atom stereocenters. The molecule has 64 heavy (non-hydrogen) atoms. The van der Waals surface area contributed by atoms with Crippen LogP contribution in [0.5, 0.6) is 11.5 Å². The monoisotopic (exact) mass is 891 g/mol. The number of amides is 1. The van der Waals surface area contributed by atoms with E-state index in [1.165, 1.54) is 52.4 Å². The molecule has 0 radical (unpaired) electrons. The normalized spacial score (nSPS) is 41.1. The first-order valence-corrected chi connectivity index (χ1v) is 23.5. The summed E-state index contributed by atoms with van der Waals surface area (Å²) in [5.74, 6) is 1.34. The lowest BCUT2D eigenvalue weighted by atomic mass is 9.47. The molecule has 3 saturated carbocycles. The van der Waals surface area contributed by atoms with Gasteiger partial charge in [0.1, 0.15) is 30.3 Å². The number of benzene rings is 1. The van der Waals surface area contributed by atoms with Gasteiger partial charge in [0.05, 0.1) is 33.0 Å². The number of ether oxygens (including phenoxy) is 9. The third-order valence-electron chi connectivity index (χ3n) is 16.5. The number of esters is 3. The molecule has 4 aliphatic carbocycles. The summed E-state index contributed by atoms with van der Waals surface area (Å²) in [6.07, 6.45) is 9.53. The van der Waals surface area contributed by atoms with Crippen LogP contribution in [0.2, 0.25) is 0 Å². The van der Waals surface area contributed by atoms with Crippen molar-refractivity contribution < 1.29 is 61.8 Å². The average Bonchev–Trinajstić information content (AvgIpc) is 3.70. The zero-order valence-corrected chi connectivity index (χ0v) is 39.1. The molecule has 3 saturated heterocycles. The van der Waals surface area contributed by atoms with Crippen molar-refractivity contribution in [2.45, 2.75) is 155 Å². The topological polar surface area (TPSA) is 163 Å². The molecule has 1 aromatic carbocycles. The average molecular weight is 892 g/mol. The number of hydrogen-bond acceptors (Lipinski definition) is 13. The zero-order valence-electron chi connectivity index (χ0n) is 39.1. The second kappa shape index (κ2) is 18.4. The number of rotatable bonds is 11. The van der Waals surface area contributed by atoms with Gasteiger partial charge >= 0.3 is 17.9 Å². The first kappa shape index (κ1) is 46.5. The van der Waals surface area contributed by atoms with Gasteiger partial charge in [-0.25, -0.2) is 0 Å². The molecule has 1 spiro atoms. The van der Waals surface area contributed by atoms with E-state index in [0.29, 0.717) is 59.0 Å². The Morgan fingerprint density at radius 1 is 0.906 bits per heavy atom. The molecular formula is C50H69NO13. The lowest BCUT2D eigenvalue weighted by molar-refractivity contribution is -0.289. The van der Waals surface area contributed by atoms with Crippen LogP contribution in [0.15, 0.2) is 35.9 Å². The molecule has 14 nitrogen and oxygen atoms in total. The summed E-state index contributed by atoms with van der Waals surface area (Å²) >= 11 is 0. The van der Waals surface area contributed by atoms with Gasteiger partial charge in [-0.15, -0.1) is 0 Å². The largest absolute Gasteiger partial charge is 0.497 e. The van der Waals surface area contributed by atoms with Gasteiger partial charge in [-0.3, -0.25) is 19.2 Å². The maximum atomic E-state index is 13.8. The van der Waals surface area contributed by atoms with Crippen LogP contribution >= 0.6 is 0 Å². The lowest BCUT2D eigenvalue weighted by Crippen LogP contribution is -2.67. The van der Waals surface area contributed by atoms with Gasteiger partial charge in [0.25, 0.3) is 0 Å². The highest BCUT2D eigenvalue weighted by Gasteiger charge is 2.69. The highest BCUT2D eigenvalue weighted by molar-refractivity contribution is 5.92. The lowest BCUT2D eigenvalue weighted by Gasteiger charge is -2.58. The van der Waals surface area contributed by atoms with Crippen molar-refractivity contribution in [3.63, 3.8) is 0 Å². The molecule has 7 aliphatic rings. The first-order chi connectivity index (χ1) is 30.5. The van der Waals surface area contributed by atoms with Crippen molar-refractivity contribution in [2.75, 3.05) is 27.4 Å². The maximum Gasteiger partial charge on any atom is 0.303 e. The summed E-state index contributed by atoms with van der Waals surface area (Å²) in [6.45, 7) is 13.9. The molecule has 352 valence electrons. The third kappa shape index (κ3) is 8.73. The molecule has 1 aromatic rings. The van der Waals surface area contributed by atoms with Crippen LogP contribution in [-0.4, -0.2) is 99.9 Å². The summed E-state index contributed by atoms with van der Waals surface area (Å²) in [5.41, 5.74) is 2.22. The number of fused-ring (bicyclic) bond motifs is 7. The predicted molar refractivity (Wildman–Crippen MR) is 233 cm³/mol. The summed E-state index contributed by atoms with van der Waals surface area (Å²) < 4.78 is 54.7. The Morgan fingerprint density at radius 3 is 2.36 bits per heavy atom. The Balaban J connectivity index is 1.02. The van der Waals surface area contributed by atoms with Gasteiger partial charge in [-0.05, 0) is 110 Å². The van der Waals surface area contributed by atoms with Gasteiger partial charge in [-0.2, -0.15) is 0 Å². The number of carbonyl (C=O) groups is 4. The molecular weight excluding hydrogens is 823 g/mol. The minimum absolute atomic E-state index is 0.00499. The Kier molecular flexibility index (Phi) is 13.4. The fraction of sp³-hybridized carbons (Fsp3) is 0.720. The van der Waals surface area contributed by atoms with Gasteiger partial charge in [0.15, 0.2) is 24.3 Å². The van der Waals surface area contributed by atoms with Crippen molar-refractivity contribution >= 4 is 29.9 Å². The highest BCUT2D eigenvalue weighted by atomic mass is 16.7. The fourth-order valence-electron chi connectivity index (χ4n) is 13.5. The molecule has 0 aromatic heterocycles. The van der Waals surface area contributed by atoms with Crippen LogP contribution < -0.4 is 14.8 Å². The Labute approximate surface area is 377 Å². The van der Waals surface area contributed by atoms with Crippen molar-refractivity contribution in [1.82, 2.24) is 5.32 Å². The van der Waals surface area contributed by atoms with E-state index < -0.39 is 60.2 Å². The van der Waals surface area contributed by atoms with Crippen molar-refractivity contribution in [3.05, 3.63) is 41.5 Å². The predicted octanol–water partition coefficient (Wildman–Crippen LogP) is 7.11. The minimum Gasteiger partial charge on any atom is -0.497 e. The van der Waals surface area contributed by atoms with E-state index in [4.69, 9.17) is 42.6 Å². The zero-order chi connectivity index (χ0) is 45.7. The quantitative estimate of drug-likeness (QED) is 0.104. The van der Waals surface area contributed by atoms with Crippen LogP contribution in [0.3, 0.4) is 0 Å². The molecule has 3 heterocycles. The van der Waals surface area contributed by atoms with E-state index in [2.05, 4.69) is 39.1 Å². The van der Waals surface area contributed by atoms with Crippen molar-refractivity contribution in [1.29, 1.82) is 0 Å². The van der Waals surface area contributed by atoms with Crippen LogP contribution in [0.1, 0.15) is 112 Å². The summed E-state index contributed by atoms with van der Waals surface area (Å²) in [6, 6.07) is 4.09. The molecule has 6 fully saturated rings. The Bertz CT molecular complexity index is 1990. The van der Waals surface area contributed by atoms with Gasteiger partial charge in [-0.1, -0.05) is 39.3 Å². The summed E-state index contributed by atoms with van der Waals surface area (Å²) in [4.78, 5) is 51.1. The van der Waals surface area contributed by atoms with E-state index in [1.807, 2.05) is 0 Å². The summed E-state index contributed by atoms with van der Waals surface area (Å²) in [7, 11) is 3.08. The molecule has 1 amide bonds. The van der Waals surface area contributed by atoms with Crippen molar-refractivity contribution in [3.8, 4) is 11.5 Å².